The number of aliphatic carboxylic acids is 1. The van der Waals surface area contributed by atoms with Crippen LogP contribution in [0.1, 0.15) is 31.9 Å². The largest absolute Gasteiger partial charge is 0.480 e. The van der Waals surface area contributed by atoms with Crippen LogP contribution in [0.4, 0.5) is 5.82 Å². The normalized spacial score (nSPS) is 12.1. The molecule has 0 saturated heterocycles. The van der Waals surface area contributed by atoms with Gasteiger partial charge in [-0.2, -0.15) is 0 Å². The minimum atomic E-state index is -0.843. The van der Waals surface area contributed by atoms with Gasteiger partial charge >= 0.3 is 5.97 Å². The summed E-state index contributed by atoms with van der Waals surface area (Å²) in [7, 11) is 0. The smallest absolute Gasteiger partial charge is 0.326 e. The Hall–Kier alpha value is -1.65. The number of nitrogens with zero attached hydrogens (tertiary/aromatic N) is 2. The standard InChI is InChI=1S/C11H17N3O2/c1-3-4-5-9(11(15)16)14-10-6-8(2)12-7-13-10/h6-7,9H,3-5H2,1-2H3,(H,15,16)(H,12,13,14)/t9-/m0/s1. The Morgan fingerprint density at radius 1 is 1.56 bits per heavy atom. The fraction of sp³-hybridized carbons (Fsp3) is 0.545. The molecule has 2 N–H and O–H groups in total. The van der Waals surface area contributed by atoms with E-state index in [1.807, 2.05) is 13.8 Å². The Labute approximate surface area is 94.9 Å². The van der Waals surface area contributed by atoms with E-state index in [-0.39, 0.29) is 0 Å². The van der Waals surface area contributed by atoms with Crippen LogP contribution in [-0.2, 0) is 4.79 Å². The van der Waals surface area contributed by atoms with Gasteiger partial charge in [0.2, 0.25) is 0 Å². The zero-order chi connectivity index (χ0) is 12.0. The van der Waals surface area contributed by atoms with Gasteiger partial charge in [0.05, 0.1) is 0 Å². The molecular weight excluding hydrogens is 206 g/mol. The van der Waals surface area contributed by atoms with Crippen molar-refractivity contribution in [3.8, 4) is 0 Å². The fourth-order valence-electron chi connectivity index (χ4n) is 1.38. The van der Waals surface area contributed by atoms with Crippen LogP contribution >= 0.6 is 0 Å². The Balaban J connectivity index is 2.64. The molecule has 0 spiro atoms. The zero-order valence-corrected chi connectivity index (χ0v) is 9.60. The molecule has 5 nitrogen and oxygen atoms in total. The highest BCUT2D eigenvalue weighted by atomic mass is 16.4. The lowest BCUT2D eigenvalue weighted by atomic mass is 10.1. The lowest BCUT2D eigenvalue weighted by Gasteiger charge is -2.14. The van der Waals surface area contributed by atoms with E-state index in [0.29, 0.717) is 12.2 Å². The van der Waals surface area contributed by atoms with Gasteiger partial charge < -0.3 is 10.4 Å². The number of hydrogen-bond acceptors (Lipinski definition) is 4. The maximum absolute atomic E-state index is 11.0. The van der Waals surface area contributed by atoms with Gasteiger partial charge in [-0.15, -0.1) is 0 Å². The van der Waals surface area contributed by atoms with Crippen LogP contribution in [0, 0.1) is 6.92 Å². The maximum Gasteiger partial charge on any atom is 0.326 e. The number of hydrogen-bond donors (Lipinski definition) is 2. The minimum Gasteiger partial charge on any atom is -0.480 e. The maximum atomic E-state index is 11.0. The van der Waals surface area contributed by atoms with Crippen LogP contribution < -0.4 is 5.32 Å². The van der Waals surface area contributed by atoms with E-state index in [9.17, 15) is 4.79 Å². The van der Waals surface area contributed by atoms with Crippen LogP contribution in [-0.4, -0.2) is 27.1 Å². The van der Waals surface area contributed by atoms with E-state index >= 15 is 0 Å². The summed E-state index contributed by atoms with van der Waals surface area (Å²) in [5, 5.41) is 11.9. The van der Waals surface area contributed by atoms with Crippen LogP contribution in [0.15, 0.2) is 12.4 Å². The summed E-state index contributed by atoms with van der Waals surface area (Å²) < 4.78 is 0. The van der Waals surface area contributed by atoms with Gasteiger partial charge in [-0.1, -0.05) is 19.8 Å². The first-order valence-corrected chi connectivity index (χ1v) is 5.41. The number of anilines is 1. The summed E-state index contributed by atoms with van der Waals surface area (Å²) in [4.78, 5) is 18.9. The molecule has 0 unspecified atom stereocenters. The van der Waals surface area contributed by atoms with Crippen molar-refractivity contribution in [1.29, 1.82) is 0 Å². The lowest BCUT2D eigenvalue weighted by Crippen LogP contribution is -2.29. The molecule has 0 bridgehead atoms. The molecule has 1 rings (SSSR count). The Kier molecular flexibility index (Phi) is 4.69. The average Bonchev–Trinajstić information content (AvgIpc) is 2.24. The molecule has 0 saturated carbocycles. The molecule has 0 radical (unpaired) electrons. The van der Waals surface area contributed by atoms with Crippen molar-refractivity contribution in [1.82, 2.24) is 9.97 Å². The summed E-state index contributed by atoms with van der Waals surface area (Å²) in [5.41, 5.74) is 0.817. The molecule has 1 heterocycles. The van der Waals surface area contributed by atoms with Crippen molar-refractivity contribution >= 4 is 11.8 Å². The molecular formula is C11H17N3O2. The third kappa shape index (κ3) is 3.84. The molecule has 0 amide bonds. The molecule has 16 heavy (non-hydrogen) atoms. The van der Waals surface area contributed by atoms with Crippen molar-refractivity contribution in [2.75, 3.05) is 5.32 Å². The summed E-state index contributed by atoms with van der Waals surface area (Å²) in [6.07, 6.45) is 3.90. The van der Waals surface area contributed by atoms with Gasteiger partial charge in [-0.3, -0.25) is 0 Å². The molecule has 1 atom stereocenters. The Morgan fingerprint density at radius 2 is 2.31 bits per heavy atom. The predicted octanol–water partition coefficient (Wildman–Crippen LogP) is 1.84. The van der Waals surface area contributed by atoms with Crippen molar-refractivity contribution < 1.29 is 9.90 Å². The Bertz CT molecular complexity index is 355. The van der Waals surface area contributed by atoms with Crippen LogP contribution in [0.3, 0.4) is 0 Å². The van der Waals surface area contributed by atoms with E-state index in [1.165, 1.54) is 6.33 Å². The number of aromatic nitrogens is 2. The van der Waals surface area contributed by atoms with Crippen molar-refractivity contribution in [3.05, 3.63) is 18.1 Å². The topological polar surface area (TPSA) is 75.1 Å². The van der Waals surface area contributed by atoms with Crippen molar-refractivity contribution in [2.24, 2.45) is 0 Å². The van der Waals surface area contributed by atoms with E-state index in [1.54, 1.807) is 6.07 Å². The van der Waals surface area contributed by atoms with Crippen LogP contribution in [0.25, 0.3) is 0 Å². The molecule has 0 fully saturated rings. The highest BCUT2D eigenvalue weighted by molar-refractivity contribution is 5.76. The molecule has 0 aliphatic carbocycles. The van der Waals surface area contributed by atoms with Crippen LogP contribution in [0.5, 0.6) is 0 Å². The van der Waals surface area contributed by atoms with Crippen LogP contribution in [0.2, 0.25) is 0 Å². The van der Waals surface area contributed by atoms with Gasteiger partial charge in [0.1, 0.15) is 18.2 Å². The first-order valence-electron chi connectivity index (χ1n) is 5.41. The van der Waals surface area contributed by atoms with Gasteiger partial charge in [0.25, 0.3) is 0 Å². The quantitative estimate of drug-likeness (QED) is 0.769. The second-order valence-electron chi connectivity index (χ2n) is 3.72. The zero-order valence-electron chi connectivity index (χ0n) is 9.60. The van der Waals surface area contributed by atoms with E-state index < -0.39 is 12.0 Å². The minimum absolute atomic E-state index is 0.566. The summed E-state index contributed by atoms with van der Waals surface area (Å²) >= 11 is 0. The number of carboxylic acids is 1. The highest BCUT2D eigenvalue weighted by Crippen LogP contribution is 2.09. The Morgan fingerprint density at radius 3 is 2.88 bits per heavy atom. The number of unbranched alkanes of at least 4 members (excludes halogenated alkanes) is 1. The lowest BCUT2D eigenvalue weighted by molar-refractivity contribution is -0.138. The number of rotatable bonds is 6. The molecule has 88 valence electrons. The van der Waals surface area contributed by atoms with Crippen molar-refractivity contribution in [2.45, 2.75) is 39.2 Å². The molecule has 5 heteroatoms. The first-order chi connectivity index (χ1) is 7.63. The number of aryl methyl sites for hydroxylation is 1. The van der Waals surface area contributed by atoms with Gasteiger partial charge in [0.15, 0.2) is 0 Å². The van der Waals surface area contributed by atoms with E-state index in [0.717, 1.165) is 18.5 Å². The third-order valence-electron chi connectivity index (χ3n) is 2.27. The number of carboxylic acid groups (broad SMARTS) is 1. The second-order valence-corrected chi connectivity index (χ2v) is 3.72. The SMILES string of the molecule is CCCC[C@H](Nc1cc(C)ncn1)C(=O)O. The fourth-order valence-corrected chi connectivity index (χ4v) is 1.38. The highest BCUT2D eigenvalue weighted by Gasteiger charge is 2.16. The third-order valence-corrected chi connectivity index (χ3v) is 2.27. The summed E-state index contributed by atoms with van der Waals surface area (Å²) in [6.45, 7) is 3.88. The van der Waals surface area contributed by atoms with E-state index in [4.69, 9.17) is 5.11 Å². The first kappa shape index (κ1) is 12.4. The average molecular weight is 223 g/mol. The van der Waals surface area contributed by atoms with E-state index in [2.05, 4.69) is 15.3 Å². The van der Waals surface area contributed by atoms with Crippen molar-refractivity contribution in [3.63, 3.8) is 0 Å². The van der Waals surface area contributed by atoms with Gasteiger partial charge in [0, 0.05) is 11.8 Å². The molecule has 0 aliphatic heterocycles. The summed E-state index contributed by atoms with van der Waals surface area (Å²) in [6, 6.07) is 1.16. The molecule has 1 aromatic rings. The number of carbonyl (C=O) groups is 1. The predicted molar refractivity (Wildman–Crippen MR) is 61.3 cm³/mol. The number of nitrogens with one attached hydrogen (secondary N) is 1. The summed E-state index contributed by atoms with van der Waals surface area (Å²) in [5.74, 6) is -0.277. The molecule has 0 aliphatic rings. The monoisotopic (exact) mass is 223 g/mol. The molecule has 1 aromatic heterocycles. The van der Waals surface area contributed by atoms with Gasteiger partial charge in [-0.05, 0) is 13.3 Å². The van der Waals surface area contributed by atoms with Gasteiger partial charge in [-0.25, -0.2) is 14.8 Å². The molecule has 0 aromatic carbocycles. The second kappa shape index (κ2) is 6.05.